The number of carbonyl (C=O) groups is 5. The number of phenols is 1. The number of carbonyl (C=O) groups excluding carboxylic acids is 5. The van der Waals surface area contributed by atoms with Gasteiger partial charge in [-0.05, 0) is 44.5 Å². The summed E-state index contributed by atoms with van der Waals surface area (Å²) in [7, 11) is 6.57. The van der Waals surface area contributed by atoms with E-state index in [-0.39, 0.29) is 23.4 Å². The molecule has 3 aliphatic carbocycles. The van der Waals surface area contributed by atoms with Crippen molar-refractivity contribution < 1.29 is 34.2 Å². The quantitative estimate of drug-likeness (QED) is 0.477. The maximum Gasteiger partial charge on any atom is 0.235 e. The van der Waals surface area contributed by atoms with Crippen molar-refractivity contribution in [2.45, 2.75) is 24.5 Å². The summed E-state index contributed by atoms with van der Waals surface area (Å²) in [5.74, 6) is -10.9. The molecule has 0 saturated heterocycles. The van der Waals surface area contributed by atoms with Crippen LogP contribution < -0.4 is 10.6 Å². The highest BCUT2D eigenvalue weighted by atomic mass is 35.5. The van der Waals surface area contributed by atoms with Gasteiger partial charge in [0, 0.05) is 25.7 Å². The standard InChI is InChI=1S/C23H26ClN3O7/c1-26(2)12-7-11(24)17(28)14-9(12)5-8-6-10-16(27(3)4)19(30)15(22(25)33)21(32)23(10,34)20(31)13(8)18(14)29/h7-8,10,13,15-16,28,34H,5-6H2,1-4H3,(H2,25,33)/t8?,10?,13?,15?,16-,23-/m0/s1. The molecule has 0 heterocycles. The molecule has 0 aromatic heterocycles. The summed E-state index contributed by atoms with van der Waals surface area (Å²) < 4.78 is 0. The van der Waals surface area contributed by atoms with Gasteiger partial charge in [0.05, 0.1) is 22.5 Å². The van der Waals surface area contributed by atoms with E-state index in [2.05, 4.69) is 0 Å². The van der Waals surface area contributed by atoms with Crippen molar-refractivity contribution >= 4 is 46.3 Å². The van der Waals surface area contributed by atoms with Crippen LogP contribution in [0.4, 0.5) is 5.69 Å². The lowest BCUT2D eigenvalue weighted by Gasteiger charge is -2.52. The van der Waals surface area contributed by atoms with Crippen molar-refractivity contribution in [2.75, 3.05) is 33.1 Å². The first kappa shape index (κ1) is 24.3. The molecular weight excluding hydrogens is 466 g/mol. The fourth-order valence-corrected chi connectivity index (χ4v) is 6.22. The minimum Gasteiger partial charge on any atom is -0.506 e. The summed E-state index contributed by atoms with van der Waals surface area (Å²) in [6, 6.07) is 0.395. The van der Waals surface area contributed by atoms with Gasteiger partial charge in [0.15, 0.2) is 34.7 Å². The number of benzene rings is 1. The number of aromatic hydroxyl groups is 1. The van der Waals surface area contributed by atoms with Gasteiger partial charge in [-0.3, -0.25) is 28.9 Å². The molecular formula is C23H26ClN3O7. The summed E-state index contributed by atoms with van der Waals surface area (Å²) >= 11 is 6.15. The van der Waals surface area contributed by atoms with Crippen LogP contribution in [0.2, 0.25) is 5.02 Å². The van der Waals surface area contributed by atoms with E-state index in [0.29, 0.717) is 11.3 Å². The summed E-state index contributed by atoms with van der Waals surface area (Å²) in [6.07, 6.45) is 0.185. The highest BCUT2D eigenvalue weighted by molar-refractivity contribution is 6.35. The number of likely N-dealkylation sites (N-methyl/N-ethyl adjacent to an activating group) is 1. The second-order valence-electron chi connectivity index (χ2n) is 9.76. The number of hydrogen-bond donors (Lipinski definition) is 3. The van der Waals surface area contributed by atoms with Gasteiger partial charge in [-0.25, -0.2) is 0 Å². The maximum absolute atomic E-state index is 13.7. The summed E-state index contributed by atoms with van der Waals surface area (Å²) in [4.78, 5) is 68.7. The number of anilines is 1. The van der Waals surface area contributed by atoms with E-state index in [1.54, 1.807) is 33.1 Å². The first-order chi connectivity index (χ1) is 15.7. The smallest absolute Gasteiger partial charge is 0.235 e. The van der Waals surface area contributed by atoms with Crippen molar-refractivity contribution in [3.05, 3.63) is 22.2 Å². The molecule has 4 rings (SSSR count). The predicted molar refractivity (Wildman–Crippen MR) is 121 cm³/mol. The zero-order chi connectivity index (χ0) is 25.4. The van der Waals surface area contributed by atoms with E-state index in [9.17, 15) is 34.2 Å². The molecule has 2 saturated carbocycles. The number of rotatable bonds is 3. The Morgan fingerprint density at radius 3 is 2.29 bits per heavy atom. The van der Waals surface area contributed by atoms with Crippen LogP contribution >= 0.6 is 11.6 Å². The minimum absolute atomic E-state index is 0.000151. The fourth-order valence-electron chi connectivity index (χ4n) is 6.02. The van der Waals surface area contributed by atoms with E-state index in [4.69, 9.17) is 17.3 Å². The molecule has 0 aliphatic heterocycles. The Labute approximate surface area is 200 Å². The first-order valence-corrected chi connectivity index (χ1v) is 11.2. The lowest BCUT2D eigenvalue weighted by molar-refractivity contribution is -0.181. The minimum atomic E-state index is -2.74. The predicted octanol–water partition coefficient (Wildman–Crippen LogP) is -0.414. The van der Waals surface area contributed by atoms with Gasteiger partial charge < -0.3 is 20.8 Å². The molecule has 11 heteroatoms. The molecule has 34 heavy (non-hydrogen) atoms. The van der Waals surface area contributed by atoms with E-state index >= 15 is 0 Å². The Bertz CT molecular complexity index is 1160. The second-order valence-corrected chi connectivity index (χ2v) is 10.2. The molecule has 6 atom stereocenters. The number of ketones is 4. The van der Waals surface area contributed by atoms with Gasteiger partial charge in [-0.1, -0.05) is 11.6 Å². The number of Topliss-reactive ketones (excluding diaryl/α,β-unsaturated/α-hetero) is 4. The van der Waals surface area contributed by atoms with Gasteiger partial charge in [-0.15, -0.1) is 0 Å². The molecule has 1 aromatic rings. The Morgan fingerprint density at radius 2 is 1.76 bits per heavy atom. The molecule has 1 amide bonds. The SMILES string of the molecule is CN(C)c1cc(Cl)c(O)c2c1CC1CC3[C@H](N(C)C)C(=O)C(C(N)=O)C(=O)[C@@]3(O)C(=O)C1C2=O. The highest BCUT2D eigenvalue weighted by Gasteiger charge is 2.69. The molecule has 2 fully saturated rings. The van der Waals surface area contributed by atoms with Crippen LogP contribution in [-0.2, 0) is 25.6 Å². The molecule has 10 nitrogen and oxygen atoms in total. The number of nitrogens with two attached hydrogens (primary N) is 1. The molecule has 0 bridgehead atoms. The zero-order valence-corrected chi connectivity index (χ0v) is 19.9. The zero-order valence-electron chi connectivity index (χ0n) is 19.2. The van der Waals surface area contributed by atoms with Crippen LogP contribution in [0.1, 0.15) is 22.3 Å². The van der Waals surface area contributed by atoms with E-state index in [0.717, 1.165) is 0 Å². The lowest BCUT2D eigenvalue weighted by atomic mass is 9.52. The van der Waals surface area contributed by atoms with Crippen LogP contribution in [0.3, 0.4) is 0 Å². The van der Waals surface area contributed by atoms with Crippen molar-refractivity contribution in [2.24, 2.45) is 29.4 Å². The molecule has 182 valence electrons. The van der Waals surface area contributed by atoms with Crippen molar-refractivity contribution in [3.63, 3.8) is 0 Å². The number of nitrogens with zero attached hydrogens (tertiary/aromatic N) is 2. The summed E-state index contributed by atoms with van der Waals surface area (Å²) in [5, 5.41) is 22.0. The Kier molecular flexibility index (Phi) is 5.62. The Hall–Kier alpha value is -2.82. The average molecular weight is 492 g/mol. The van der Waals surface area contributed by atoms with E-state index in [1.807, 2.05) is 0 Å². The monoisotopic (exact) mass is 491 g/mol. The molecule has 4 unspecified atom stereocenters. The third kappa shape index (κ3) is 3.05. The average Bonchev–Trinajstić information content (AvgIpc) is 2.72. The Morgan fingerprint density at radius 1 is 1.15 bits per heavy atom. The van der Waals surface area contributed by atoms with Gasteiger partial charge in [0.1, 0.15) is 5.75 Å². The lowest BCUT2D eigenvalue weighted by Crippen LogP contribution is -2.74. The fraction of sp³-hybridized carbons (Fsp3) is 0.522. The number of primary amides is 1. The molecule has 4 N–H and O–H groups in total. The molecule has 0 radical (unpaired) electrons. The van der Waals surface area contributed by atoms with Crippen LogP contribution in [0.25, 0.3) is 0 Å². The van der Waals surface area contributed by atoms with Crippen molar-refractivity contribution in [3.8, 4) is 5.75 Å². The summed E-state index contributed by atoms with van der Waals surface area (Å²) in [5.41, 5.74) is 3.53. The molecule has 1 aromatic carbocycles. The third-order valence-corrected chi connectivity index (χ3v) is 7.76. The Balaban J connectivity index is 1.91. The van der Waals surface area contributed by atoms with Gasteiger partial charge >= 0.3 is 0 Å². The number of aliphatic hydroxyl groups is 1. The number of hydrogen-bond acceptors (Lipinski definition) is 9. The second kappa shape index (κ2) is 7.86. The number of halogens is 1. The van der Waals surface area contributed by atoms with Crippen molar-refractivity contribution in [1.29, 1.82) is 0 Å². The van der Waals surface area contributed by atoms with Gasteiger partial charge in [0.25, 0.3) is 0 Å². The maximum atomic E-state index is 13.7. The largest absolute Gasteiger partial charge is 0.506 e. The topological polar surface area (TPSA) is 158 Å². The molecule has 0 spiro atoms. The number of amides is 1. The van der Waals surface area contributed by atoms with Crippen LogP contribution in [-0.4, -0.2) is 84.0 Å². The third-order valence-electron chi connectivity index (χ3n) is 7.47. The van der Waals surface area contributed by atoms with Crippen LogP contribution in [0.5, 0.6) is 5.75 Å². The van der Waals surface area contributed by atoms with Gasteiger partial charge in [0.2, 0.25) is 5.91 Å². The summed E-state index contributed by atoms with van der Waals surface area (Å²) in [6.45, 7) is 0. The normalized spacial score (nSPS) is 32.9. The molecule has 3 aliphatic rings. The highest BCUT2D eigenvalue weighted by Crippen LogP contribution is 2.52. The van der Waals surface area contributed by atoms with Crippen LogP contribution in [0, 0.1) is 23.7 Å². The number of phenolic OH excluding ortho intramolecular Hbond substituents is 1. The first-order valence-electron chi connectivity index (χ1n) is 10.8. The number of fused-ring (bicyclic) bond motifs is 3. The van der Waals surface area contributed by atoms with E-state index in [1.165, 1.54) is 11.0 Å². The van der Waals surface area contributed by atoms with Crippen molar-refractivity contribution in [1.82, 2.24) is 4.90 Å². The van der Waals surface area contributed by atoms with Crippen LogP contribution in [0.15, 0.2) is 6.07 Å². The van der Waals surface area contributed by atoms with E-state index < -0.39 is 70.1 Å². The van der Waals surface area contributed by atoms with Gasteiger partial charge in [-0.2, -0.15) is 0 Å².